The topological polar surface area (TPSA) is 48.0 Å². The number of aryl methyl sites for hydroxylation is 1. The summed E-state index contributed by atoms with van der Waals surface area (Å²) in [7, 11) is 3.24. The summed E-state index contributed by atoms with van der Waals surface area (Å²) >= 11 is 5.98. The van der Waals surface area contributed by atoms with Gasteiger partial charge in [0, 0.05) is 18.1 Å². The largest absolute Gasteiger partial charge is 0.493 e. The Kier molecular flexibility index (Phi) is 5.80. The third-order valence-electron chi connectivity index (χ3n) is 4.82. The number of rotatable bonds is 5. The highest BCUT2D eigenvalue weighted by atomic mass is 35.5. The van der Waals surface area contributed by atoms with Gasteiger partial charge in [-0.3, -0.25) is 4.79 Å². The minimum absolute atomic E-state index is 0.0372. The first-order chi connectivity index (χ1) is 12.9. The Hall–Kier alpha value is -2.40. The van der Waals surface area contributed by atoms with Gasteiger partial charge in [0.05, 0.1) is 14.2 Å². The number of hydrogen-bond acceptors (Lipinski definition) is 4. The molecule has 27 heavy (non-hydrogen) atoms. The van der Waals surface area contributed by atoms with E-state index in [9.17, 15) is 4.79 Å². The van der Waals surface area contributed by atoms with E-state index in [1.807, 2.05) is 30.0 Å². The predicted molar refractivity (Wildman–Crippen MR) is 105 cm³/mol. The maximum atomic E-state index is 12.9. The highest BCUT2D eigenvalue weighted by Gasteiger charge is 2.27. The van der Waals surface area contributed by atoms with Crippen molar-refractivity contribution in [2.24, 2.45) is 0 Å². The Morgan fingerprint density at radius 3 is 2.37 bits per heavy atom. The highest BCUT2D eigenvalue weighted by molar-refractivity contribution is 6.30. The fourth-order valence-corrected chi connectivity index (χ4v) is 3.54. The summed E-state index contributed by atoms with van der Waals surface area (Å²) in [6.07, 6.45) is 0.195. The van der Waals surface area contributed by atoms with Crippen LogP contribution >= 0.6 is 11.6 Å². The lowest BCUT2D eigenvalue weighted by Gasteiger charge is -2.31. The van der Waals surface area contributed by atoms with Gasteiger partial charge >= 0.3 is 0 Å². The van der Waals surface area contributed by atoms with Crippen molar-refractivity contribution in [3.8, 4) is 17.2 Å². The normalized spacial score (nSPS) is 14.3. The molecular weight excluding hydrogens is 366 g/mol. The van der Waals surface area contributed by atoms with E-state index in [0.717, 1.165) is 17.5 Å². The summed E-state index contributed by atoms with van der Waals surface area (Å²) in [5.41, 5.74) is 3.16. The van der Waals surface area contributed by atoms with Crippen LogP contribution < -0.4 is 14.2 Å². The molecule has 0 saturated carbocycles. The number of ether oxygens (including phenoxy) is 3. The monoisotopic (exact) mass is 389 g/mol. The van der Waals surface area contributed by atoms with Gasteiger partial charge in [0.1, 0.15) is 5.75 Å². The van der Waals surface area contributed by atoms with Crippen LogP contribution in [0.15, 0.2) is 30.3 Å². The fourth-order valence-electron chi connectivity index (χ4n) is 3.31. The Balaban J connectivity index is 1.73. The van der Waals surface area contributed by atoms with Crippen molar-refractivity contribution < 1.29 is 19.0 Å². The zero-order valence-electron chi connectivity index (χ0n) is 16.0. The maximum Gasteiger partial charge on any atom is 0.263 e. The van der Waals surface area contributed by atoms with Gasteiger partial charge in [0.2, 0.25) is 0 Å². The standard InChI is InChI=1S/C21H24ClNO4/c1-13-9-17(22)5-6-18(13)27-14(2)21(24)23-8-7-15-10-19(25-3)20(26-4)11-16(15)12-23/h5-6,9-11,14H,7-8,12H2,1-4H3/t14-/m1/s1. The summed E-state index contributed by atoms with van der Waals surface area (Å²) in [6.45, 7) is 4.87. The predicted octanol–water partition coefficient (Wildman–Crippen LogP) is 4.02. The molecule has 1 heterocycles. The van der Waals surface area contributed by atoms with Gasteiger partial charge in [-0.1, -0.05) is 11.6 Å². The third-order valence-corrected chi connectivity index (χ3v) is 5.05. The second-order valence-corrected chi connectivity index (χ2v) is 7.09. The van der Waals surface area contributed by atoms with Crippen LogP contribution in [0.3, 0.4) is 0 Å². The molecule has 144 valence electrons. The van der Waals surface area contributed by atoms with Crippen molar-refractivity contribution in [2.45, 2.75) is 32.9 Å². The molecule has 2 aromatic carbocycles. The number of halogens is 1. The number of methoxy groups -OCH3 is 2. The molecule has 0 spiro atoms. The summed E-state index contributed by atoms with van der Waals surface area (Å²) in [5, 5.41) is 0.649. The second kappa shape index (κ2) is 8.09. The summed E-state index contributed by atoms with van der Waals surface area (Å²) < 4.78 is 16.6. The molecule has 3 rings (SSSR count). The molecule has 0 radical (unpaired) electrons. The number of hydrogen-bond donors (Lipinski definition) is 0. The van der Waals surface area contributed by atoms with Crippen molar-refractivity contribution in [1.82, 2.24) is 4.90 Å². The molecule has 0 bridgehead atoms. The summed E-state index contributed by atoms with van der Waals surface area (Å²) in [6, 6.07) is 9.32. The Labute approximate surface area is 164 Å². The van der Waals surface area contributed by atoms with E-state index < -0.39 is 6.10 Å². The molecule has 1 atom stereocenters. The Morgan fingerprint density at radius 1 is 1.07 bits per heavy atom. The van der Waals surface area contributed by atoms with E-state index in [4.69, 9.17) is 25.8 Å². The molecule has 0 saturated heterocycles. The summed E-state index contributed by atoms with van der Waals surface area (Å²) in [5.74, 6) is 2.02. The summed E-state index contributed by atoms with van der Waals surface area (Å²) in [4.78, 5) is 14.7. The second-order valence-electron chi connectivity index (χ2n) is 6.66. The lowest BCUT2D eigenvalue weighted by Crippen LogP contribution is -2.43. The van der Waals surface area contributed by atoms with Crippen LogP contribution in [0, 0.1) is 6.92 Å². The highest BCUT2D eigenvalue weighted by Crippen LogP contribution is 2.33. The van der Waals surface area contributed by atoms with Gasteiger partial charge < -0.3 is 19.1 Å². The van der Waals surface area contributed by atoms with Crippen LogP contribution in [0.25, 0.3) is 0 Å². The molecule has 0 aliphatic carbocycles. The third kappa shape index (κ3) is 4.14. The van der Waals surface area contributed by atoms with Gasteiger partial charge in [0.15, 0.2) is 17.6 Å². The van der Waals surface area contributed by atoms with Crippen molar-refractivity contribution >= 4 is 17.5 Å². The van der Waals surface area contributed by atoms with Gasteiger partial charge in [-0.05, 0) is 67.3 Å². The van der Waals surface area contributed by atoms with E-state index in [1.165, 1.54) is 5.56 Å². The van der Waals surface area contributed by atoms with E-state index in [-0.39, 0.29) is 5.91 Å². The smallest absolute Gasteiger partial charge is 0.263 e. The van der Waals surface area contributed by atoms with Crippen molar-refractivity contribution in [3.63, 3.8) is 0 Å². The quantitative estimate of drug-likeness (QED) is 0.775. The average Bonchev–Trinajstić information content (AvgIpc) is 2.67. The first kappa shape index (κ1) is 19.4. The molecule has 0 aromatic heterocycles. The van der Waals surface area contributed by atoms with E-state index in [1.54, 1.807) is 33.3 Å². The molecule has 0 unspecified atom stereocenters. The van der Waals surface area contributed by atoms with E-state index in [0.29, 0.717) is 35.4 Å². The molecule has 0 N–H and O–H groups in total. The van der Waals surface area contributed by atoms with Crippen LogP contribution in [-0.2, 0) is 17.8 Å². The number of nitrogens with zero attached hydrogens (tertiary/aromatic N) is 1. The molecular formula is C21H24ClNO4. The van der Waals surface area contributed by atoms with Crippen LogP contribution in [0.4, 0.5) is 0 Å². The average molecular weight is 390 g/mol. The zero-order chi connectivity index (χ0) is 19.6. The van der Waals surface area contributed by atoms with Crippen LogP contribution in [0.5, 0.6) is 17.2 Å². The molecule has 1 aliphatic heterocycles. The van der Waals surface area contributed by atoms with Crippen molar-refractivity contribution in [3.05, 3.63) is 52.0 Å². The first-order valence-electron chi connectivity index (χ1n) is 8.88. The Bertz CT molecular complexity index is 852. The lowest BCUT2D eigenvalue weighted by molar-refractivity contribution is -0.138. The Morgan fingerprint density at radius 2 is 1.74 bits per heavy atom. The molecule has 5 nitrogen and oxygen atoms in total. The fraction of sp³-hybridized carbons (Fsp3) is 0.381. The minimum atomic E-state index is -0.577. The van der Waals surface area contributed by atoms with Crippen LogP contribution in [-0.4, -0.2) is 37.7 Å². The molecule has 2 aromatic rings. The van der Waals surface area contributed by atoms with Gasteiger partial charge in [-0.25, -0.2) is 0 Å². The number of carbonyl (C=O) groups excluding carboxylic acids is 1. The maximum absolute atomic E-state index is 12.9. The van der Waals surface area contributed by atoms with Crippen molar-refractivity contribution in [2.75, 3.05) is 20.8 Å². The van der Waals surface area contributed by atoms with E-state index >= 15 is 0 Å². The van der Waals surface area contributed by atoms with Crippen molar-refractivity contribution in [1.29, 1.82) is 0 Å². The van der Waals surface area contributed by atoms with Gasteiger partial charge in [-0.2, -0.15) is 0 Å². The van der Waals surface area contributed by atoms with E-state index in [2.05, 4.69) is 0 Å². The van der Waals surface area contributed by atoms with Gasteiger partial charge in [0.25, 0.3) is 5.91 Å². The lowest BCUT2D eigenvalue weighted by atomic mass is 9.98. The molecule has 6 heteroatoms. The minimum Gasteiger partial charge on any atom is -0.493 e. The van der Waals surface area contributed by atoms with Crippen LogP contribution in [0.1, 0.15) is 23.6 Å². The number of amides is 1. The zero-order valence-corrected chi connectivity index (χ0v) is 16.8. The first-order valence-corrected chi connectivity index (χ1v) is 9.26. The molecule has 1 aliphatic rings. The van der Waals surface area contributed by atoms with Crippen LogP contribution in [0.2, 0.25) is 5.02 Å². The number of carbonyl (C=O) groups is 1. The SMILES string of the molecule is COc1cc2c(cc1OC)CN(C(=O)[C@@H](C)Oc1ccc(Cl)cc1C)CC2. The number of fused-ring (bicyclic) bond motifs is 1. The van der Waals surface area contributed by atoms with Gasteiger partial charge in [-0.15, -0.1) is 0 Å². The molecule has 0 fully saturated rings. The number of benzene rings is 2. The molecule has 1 amide bonds.